The minimum absolute atomic E-state index is 0.141. The minimum atomic E-state index is -5.33. The van der Waals surface area contributed by atoms with Crippen LogP contribution in [0.25, 0.3) is 5.69 Å². The maximum absolute atomic E-state index is 13.6. The fourth-order valence-corrected chi connectivity index (χ4v) is 3.77. The molecular weight excluding hydrogens is 501 g/mol. The van der Waals surface area contributed by atoms with Crippen molar-refractivity contribution in [2.24, 2.45) is 0 Å². The molecule has 4 N–H and O–H groups in total. The van der Waals surface area contributed by atoms with Crippen molar-refractivity contribution in [2.75, 3.05) is 18.9 Å². The quantitative estimate of drug-likeness (QED) is 0.382. The highest BCUT2D eigenvalue weighted by molar-refractivity contribution is 7.86. The Hall–Kier alpha value is -3.42. The highest BCUT2D eigenvalue weighted by atomic mass is 32.2. The molecule has 3 rings (SSSR count). The summed E-state index contributed by atoms with van der Waals surface area (Å²) in [4.78, 5) is 12.1. The number of anilines is 1. The number of halogens is 3. The number of aryl methyl sites for hydroxylation is 1. The zero-order chi connectivity index (χ0) is 27.1. The van der Waals surface area contributed by atoms with Crippen LogP contribution < -0.4 is 11.1 Å². The molecule has 3 aromatic rings. The van der Waals surface area contributed by atoms with Gasteiger partial charge in [-0.05, 0) is 31.2 Å². The summed E-state index contributed by atoms with van der Waals surface area (Å²) < 4.78 is 70.9. The van der Waals surface area contributed by atoms with E-state index in [9.17, 15) is 31.5 Å². The molecule has 0 aliphatic carbocycles. The number of para-hydroxylation sites is 1. The van der Waals surface area contributed by atoms with E-state index in [1.165, 1.54) is 16.8 Å². The number of amides is 1. The second kappa shape index (κ2) is 11.5. The Morgan fingerprint density at radius 1 is 1.11 bits per heavy atom. The van der Waals surface area contributed by atoms with Crippen LogP contribution in [0.5, 0.6) is 0 Å². The van der Waals surface area contributed by atoms with Gasteiger partial charge in [0.15, 0.2) is 0 Å². The van der Waals surface area contributed by atoms with E-state index in [0.29, 0.717) is 5.69 Å². The summed E-state index contributed by atoms with van der Waals surface area (Å²) in [6.07, 6.45) is -4.27. The van der Waals surface area contributed by atoms with Crippen molar-refractivity contribution in [3.05, 3.63) is 71.9 Å². The summed E-state index contributed by atoms with van der Waals surface area (Å²) in [6, 6.07) is 13.6. The number of hydrogen-bond acceptors (Lipinski definition) is 7. The molecule has 1 unspecified atom stereocenters. The number of aromatic nitrogens is 2. The Labute approximate surface area is 206 Å². The lowest BCUT2D eigenvalue weighted by molar-refractivity contribution is -0.264. The number of carbonyl (C=O) groups is 1. The van der Waals surface area contributed by atoms with Crippen molar-refractivity contribution in [1.29, 1.82) is 0 Å². The van der Waals surface area contributed by atoms with Gasteiger partial charge < -0.3 is 16.2 Å². The monoisotopic (exact) mass is 528 g/mol. The van der Waals surface area contributed by atoms with E-state index in [-0.39, 0.29) is 16.3 Å². The van der Waals surface area contributed by atoms with Gasteiger partial charge in [-0.15, -0.1) is 0 Å². The molecule has 0 radical (unpaired) electrons. The number of carbonyl (C=O) groups excluding carboxylic acids is 1. The lowest BCUT2D eigenvalue weighted by Gasteiger charge is -2.30. The predicted molar refractivity (Wildman–Crippen MR) is 127 cm³/mol. The molecule has 1 aromatic heterocycles. The lowest BCUT2D eigenvalue weighted by atomic mass is 10.1. The van der Waals surface area contributed by atoms with Crippen LogP contribution >= 0.6 is 0 Å². The molecule has 2 aromatic carbocycles. The Bertz CT molecular complexity index is 1260. The molecule has 1 heterocycles. The first-order valence-electron chi connectivity index (χ1n) is 10.8. The molecule has 0 saturated heterocycles. The Morgan fingerprint density at radius 2 is 1.69 bits per heavy atom. The second-order valence-electron chi connectivity index (χ2n) is 7.43. The molecule has 0 spiro atoms. The number of nitrogens with two attached hydrogens (primary N) is 1. The van der Waals surface area contributed by atoms with Crippen molar-refractivity contribution in [3.63, 3.8) is 0 Å². The Kier molecular flexibility index (Phi) is 9.24. The maximum Gasteiger partial charge on any atom is 0.421 e. The molecule has 0 aliphatic rings. The van der Waals surface area contributed by atoms with Gasteiger partial charge in [-0.1, -0.05) is 49.7 Å². The van der Waals surface area contributed by atoms with E-state index in [0.717, 1.165) is 23.9 Å². The minimum Gasteiger partial charge on any atom is -0.383 e. The van der Waals surface area contributed by atoms with E-state index < -0.39 is 41.0 Å². The molecule has 0 bridgehead atoms. The molecule has 0 saturated carbocycles. The SMILES string of the molecule is CC.Cc1ccc(S(=O)(=O)OCC(O)(CNC(=O)c2cnn(-c3ccccc3)c2N)C(F)(F)F)cc1. The number of nitrogen functional groups attached to an aromatic ring is 1. The van der Waals surface area contributed by atoms with Crippen molar-refractivity contribution in [2.45, 2.75) is 37.4 Å². The first kappa shape index (κ1) is 28.8. The molecule has 196 valence electrons. The Balaban J connectivity index is 0.00000222. The summed E-state index contributed by atoms with van der Waals surface area (Å²) in [6.45, 7) is 2.62. The van der Waals surface area contributed by atoms with E-state index in [2.05, 4.69) is 9.28 Å². The molecule has 0 aliphatic heterocycles. The summed E-state index contributed by atoms with van der Waals surface area (Å²) in [5.41, 5.74) is 3.20. The van der Waals surface area contributed by atoms with Crippen molar-refractivity contribution >= 4 is 21.8 Å². The van der Waals surface area contributed by atoms with Gasteiger partial charge in [0.1, 0.15) is 18.0 Å². The van der Waals surface area contributed by atoms with Gasteiger partial charge in [0.25, 0.3) is 16.0 Å². The first-order valence-corrected chi connectivity index (χ1v) is 12.2. The predicted octanol–water partition coefficient (Wildman–Crippen LogP) is 3.22. The average Bonchev–Trinajstić information content (AvgIpc) is 3.24. The maximum atomic E-state index is 13.6. The van der Waals surface area contributed by atoms with Gasteiger partial charge in [0, 0.05) is 0 Å². The summed E-state index contributed by atoms with van der Waals surface area (Å²) in [5, 5.41) is 16.0. The third kappa shape index (κ3) is 6.62. The average molecular weight is 529 g/mol. The van der Waals surface area contributed by atoms with Gasteiger partial charge in [-0.25, -0.2) is 4.68 Å². The molecule has 36 heavy (non-hydrogen) atoms. The molecule has 1 amide bonds. The summed E-state index contributed by atoms with van der Waals surface area (Å²) >= 11 is 0. The smallest absolute Gasteiger partial charge is 0.383 e. The Morgan fingerprint density at radius 3 is 2.25 bits per heavy atom. The van der Waals surface area contributed by atoms with Crippen LogP contribution in [0.15, 0.2) is 65.7 Å². The van der Waals surface area contributed by atoms with E-state index in [4.69, 9.17) is 5.73 Å². The highest BCUT2D eigenvalue weighted by Crippen LogP contribution is 2.31. The molecular formula is C23H27F3N4O5S. The molecule has 9 nitrogen and oxygen atoms in total. The van der Waals surface area contributed by atoms with Gasteiger partial charge in [0.2, 0.25) is 5.60 Å². The van der Waals surface area contributed by atoms with Crippen molar-refractivity contribution < 1.29 is 35.7 Å². The lowest BCUT2D eigenvalue weighted by Crippen LogP contribution is -2.57. The van der Waals surface area contributed by atoms with Gasteiger partial charge in [0.05, 0.1) is 23.3 Å². The van der Waals surface area contributed by atoms with E-state index >= 15 is 0 Å². The van der Waals surface area contributed by atoms with Crippen LogP contribution in [0.2, 0.25) is 0 Å². The van der Waals surface area contributed by atoms with Crippen LogP contribution in [-0.4, -0.2) is 54.1 Å². The summed E-state index contributed by atoms with van der Waals surface area (Å²) in [7, 11) is -4.60. The van der Waals surface area contributed by atoms with Crippen molar-refractivity contribution in [1.82, 2.24) is 15.1 Å². The number of alkyl halides is 3. The van der Waals surface area contributed by atoms with E-state index in [1.807, 2.05) is 19.2 Å². The molecule has 0 fully saturated rings. The topological polar surface area (TPSA) is 137 Å². The molecule has 1 atom stereocenters. The van der Waals surface area contributed by atoms with Crippen LogP contribution in [0, 0.1) is 6.92 Å². The third-order valence-corrected chi connectivity index (χ3v) is 6.16. The van der Waals surface area contributed by atoms with Gasteiger partial charge >= 0.3 is 6.18 Å². The number of hydrogen-bond donors (Lipinski definition) is 3. The highest BCUT2D eigenvalue weighted by Gasteiger charge is 2.55. The van der Waals surface area contributed by atoms with Crippen LogP contribution in [-0.2, 0) is 14.3 Å². The first-order chi connectivity index (χ1) is 16.8. The number of nitrogens with zero attached hydrogens (tertiary/aromatic N) is 2. The second-order valence-corrected chi connectivity index (χ2v) is 9.05. The van der Waals surface area contributed by atoms with Crippen molar-refractivity contribution in [3.8, 4) is 5.69 Å². The number of benzene rings is 2. The number of aliphatic hydroxyl groups is 1. The summed E-state index contributed by atoms with van der Waals surface area (Å²) in [5.74, 6) is -1.19. The largest absolute Gasteiger partial charge is 0.421 e. The zero-order valence-corrected chi connectivity index (χ0v) is 20.6. The van der Waals surface area contributed by atoms with Crippen LogP contribution in [0.1, 0.15) is 29.8 Å². The number of nitrogens with one attached hydrogen (secondary N) is 1. The van der Waals surface area contributed by atoms with Gasteiger partial charge in [-0.2, -0.15) is 26.7 Å². The number of rotatable bonds is 8. The van der Waals surface area contributed by atoms with Crippen LogP contribution in [0.4, 0.5) is 19.0 Å². The standard InChI is InChI=1S/C21H21F3N4O5S.C2H6/c1-14-7-9-16(10-8-14)34(31,32)33-13-20(30,21(22,23)24)12-26-19(29)17-11-27-28(18(17)25)15-5-3-2-4-6-15;1-2/h2-11,30H,12-13,25H2,1H3,(H,26,29);1-2H3. The fourth-order valence-electron chi connectivity index (χ4n) is 2.81. The fraction of sp³-hybridized carbons (Fsp3) is 0.304. The molecule has 13 heteroatoms. The zero-order valence-electron chi connectivity index (χ0n) is 19.8. The normalized spacial score (nSPS) is 13.3. The van der Waals surface area contributed by atoms with Crippen LogP contribution in [0.3, 0.4) is 0 Å². The third-order valence-electron chi connectivity index (χ3n) is 4.88. The van der Waals surface area contributed by atoms with E-state index in [1.54, 1.807) is 37.3 Å². The van der Waals surface area contributed by atoms with Gasteiger partial charge in [-0.3, -0.25) is 8.98 Å².